The molecule has 154 valence electrons. The standard InChI is InChI=1S/C21H25N3O4S/c1-11-9-15(12(2)24(11)13-7-8-13)21(27)28-10-17(25)23-20-18(19(22)26)14-5-3-4-6-16(14)29-20/h9,13H,3-8,10H2,1-2H3,(H2,22,26)(H,23,25). The third-order valence-electron chi connectivity index (χ3n) is 5.62. The van der Waals surface area contributed by atoms with E-state index in [0.29, 0.717) is 22.2 Å². The SMILES string of the molecule is Cc1cc(C(=O)OCC(=O)Nc2sc3c(c2C(N)=O)CCCC3)c(C)n1C1CC1. The first-order chi connectivity index (χ1) is 13.9. The molecule has 2 aliphatic rings. The topological polar surface area (TPSA) is 103 Å². The number of primary amides is 1. The molecule has 3 N–H and O–H groups in total. The molecule has 29 heavy (non-hydrogen) atoms. The summed E-state index contributed by atoms with van der Waals surface area (Å²) in [7, 11) is 0. The van der Waals surface area contributed by atoms with E-state index >= 15 is 0 Å². The zero-order chi connectivity index (χ0) is 20.7. The second-order valence-electron chi connectivity index (χ2n) is 7.79. The average molecular weight is 416 g/mol. The fraction of sp³-hybridized carbons (Fsp3) is 0.476. The van der Waals surface area contributed by atoms with Gasteiger partial charge < -0.3 is 20.4 Å². The summed E-state index contributed by atoms with van der Waals surface area (Å²) in [4.78, 5) is 37.9. The molecule has 1 saturated carbocycles. The van der Waals surface area contributed by atoms with Gasteiger partial charge in [-0.05, 0) is 64.0 Å². The number of amides is 2. The van der Waals surface area contributed by atoms with Gasteiger partial charge in [0.15, 0.2) is 6.61 Å². The molecule has 7 nitrogen and oxygen atoms in total. The van der Waals surface area contributed by atoms with Gasteiger partial charge in [-0.1, -0.05) is 0 Å². The van der Waals surface area contributed by atoms with Crippen LogP contribution in [-0.2, 0) is 22.4 Å². The van der Waals surface area contributed by atoms with Gasteiger partial charge in [-0.25, -0.2) is 4.79 Å². The molecule has 1 fully saturated rings. The minimum absolute atomic E-state index is 0.400. The van der Waals surface area contributed by atoms with Crippen molar-refractivity contribution in [2.45, 2.75) is 58.4 Å². The maximum Gasteiger partial charge on any atom is 0.340 e. The Labute approximate surface area is 173 Å². The first kappa shape index (κ1) is 19.7. The molecular formula is C21H25N3O4S. The van der Waals surface area contributed by atoms with Crippen LogP contribution in [0.1, 0.15) is 74.3 Å². The Kier molecular flexibility index (Phi) is 5.21. The van der Waals surface area contributed by atoms with Crippen LogP contribution >= 0.6 is 11.3 Å². The van der Waals surface area contributed by atoms with E-state index in [-0.39, 0.29) is 0 Å². The summed E-state index contributed by atoms with van der Waals surface area (Å²) < 4.78 is 7.40. The number of thiophene rings is 1. The molecule has 0 radical (unpaired) electrons. The summed E-state index contributed by atoms with van der Waals surface area (Å²) in [5.74, 6) is -1.53. The molecule has 0 aromatic carbocycles. The van der Waals surface area contributed by atoms with Crippen LogP contribution in [0.4, 0.5) is 5.00 Å². The number of nitrogens with zero attached hydrogens (tertiary/aromatic N) is 1. The maximum absolute atomic E-state index is 12.5. The number of hydrogen-bond acceptors (Lipinski definition) is 5. The molecule has 2 aromatic heterocycles. The molecule has 0 atom stereocenters. The van der Waals surface area contributed by atoms with Gasteiger partial charge >= 0.3 is 5.97 Å². The number of carbonyl (C=O) groups excluding carboxylic acids is 3. The monoisotopic (exact) mass is 415 g/mol. The number of ether oxygens (including phenoxy) is 1. The number of fused-ring (bicyclic) bond motifs is 1. The van der Waals surface area contributed by atoms with Crippen molar-refractivity contribution >= 4 is 34.1 Å². The van der Waals surface area contributed by atoms with Gasteiger partial charge in [0, 0.05) is 22.3 Å². The van der Waals surface area contributed by atoms with Gasteiger partial charge in [0.2, 0.25) is 0 Å². The first-order valence-electron chi connectivity index (χ1n) is 9.96. The normalized spacial score (nSPS) is 15.7. The number of aryl methyl sites for hydroxylation is 2. The summed E-state index contributed by atoms with van der Waals surface area (Å²) >= 11 is 1.39. The molecule has 2 heterocycles. The molecule has 0 aliphatic heterocycles. The Balaban J connectivity index is 1.42. The maximum atomic E-state index is 12.5. The van der Waals surface area contributed by atoms with Crippen LogP contribution in [-0.4, -0.2) is 29.0 Å². The zero-order valence-corrected chi connectivity index (χ0v) is 17.5. The lowest BCUT2D eigenvalue weighted by Gasteiger charge is -2.11. The second-order valence-corrected chi connectivity index (χ2v) is 8.89. The van der Waals surface area contributed by atoms with Gasteiger partial charge in [0.05, 0.1) is 11.1 Å². The number of esters is 1. The number of nitrogens with two attached hydrogens (primary N) is 1. The Morgan fingerprint density at radius 3 is 2.66 bits per heavy atom. The molecule has 2 aliphatic carbocycles. The molecule has 0 unspecified atom stereocenters. The first-order valence-corrected chi connectivity index (χ1v) is 10.8. The smallest absolute Gasteiger partial charge is 0.340 e. The Morgan fingerprint density at radius 2 is 1.97 bits per heavy atom. The van der Waals surface area contributed by atoms with Crippen LogP contribution in [0.25, 0.3) is 0 Å². The molecule has 4 rings (SSSR count). The highest BCUT2D eigenvalue weighted by Crippen LogP contribution is 2.39. The minimum Gasteiger partial charge on any atom is -0.452 e. The third kappa shape index (κ3) is 3.81. The fourth-order valence-corrected chi connectivity index (χ4v) is 5.48. The zero-order valence-electron chi connectivity index (χ0n) is 16.7. The van der Waals surface area contributed by atoms with Crippen LogP contribution in [0.2, 0.25) is 0 Å². The van der Waals surface area contributed by atoms with Crippen LogP contribution in [0, 0.1) is 13.8 Å². The quantitative estimate of drug-likeness (QED) is 0.707. The Morgan fingerprint density at radius 1 is 1.24 bits per heavy atom. The summed E-state index contributed by atoms with van der Waals surface area (Å²) in [6.07, 6.45) is 6.01. The lowest BCUT2D eigenvalue weighted by atomic mass is 9.95. The molecule has 0 bridgehead atoms. The lowest BCUT2D eigenvalue weighted by Crippen LogP contribution is -2.23. The van der Waals surface area contributed by atoms with E-state index < -0.39 is 24.4 Å². The predicted octanol–water partition coefficient (Wildman–Crippen LogP) is 3.27. The fourth-order valence-electron chi connectivity index (χ4n) is 4.16. The van der Waals surface area contributed by atoms with E-state index in [1.54, 1.807) is 0 Å². The van der Waals surface area contributed by atoms with E-state index in [0.717, 1.165) is 60.4 Å². The van der Waals surface area contributed by atoms with E-state index in [1.165, 1.54) is 11.3 Å². The number of hydrogen-bond donors (Lipinski definition) is 2. The van der Waals surface area contributed by atoms with Crippen LogP contribution in [0.15, 0.2) is 6.07 Å². The lowest BCUT2D eigenvalue weighted by molar-refractivity contribution is -0.119. The number of anilines is 1. The van der Waals surface area contributed by atoms with Gasteiger partial charge in [0.25, 0.3) is 11.8 Å². The van der Waals surface area contributed by atoms with Gasteiger partial charge in [0.1, 0.15) is 5.00 Å². The van der Waals surface area contributed by atoms with Crippen molar-refractivity contribution in [3.05, 3.63) is 39.0 Å². The van der Waals surface area contributed by atoms with Gasteiger partial charge in [-0.15, -0.1) is 11.3 Å². The predicted molar refractivity (Wildman–Crippen MR) is 111 cm³/mol. The summed E-state index contributed by atoms with van der Waals surface area (Å²) in [6.45, 7) is 3.46. The highest BCUT2D eigenvalue weighted by molar-refractivity contribution is 7.17. The molecule has 8 heteroatoms. The van der Waals surface area contributed by atoms with Crippen molar-refractivity contribution in [2.75, 3.05) is 11.9 Å². The molecule has 0 saturated heterocycles. The summed E-state index contributed by atoms with van der Waals surface area (Å²) in [5, 5.41) is 3.17. The average Bonchev–Trinajstić information content (AvgIpc) is 3.36. The highest BCUT2D eigenvalue weighted by Gasteiger charge is 2.29. The van der Waals surface area contributed by atoms with Crippen molar-refractivity contribution in [2.24, 2.45) is 5.73 Å². The second kappa shape index (κ2) is 7.67. The van der Waals surface area contributed by atoms with Crippen molar-refractivity contribution in [1.29, 1.82) is 0 Å². The number of rotatable bonds is 6. The minimum atomic E-state index is -0.538. The largest absolute Gasteiger partial charge is 0.452 e. The highest BCUT2D eigenvalue weighted by atomic mass is 32.1. The van der Waals surface area contributed by atoms with Crippen LogP contribution in [0.5, 0.6) is 0 Å². The number of nitrogens with one attached hydrogen (secondary N) is 1. The van der Waals surface area contributed by atoms with Gasteiger partial charge in [-0.2, -0.15) is 0 Å². The van der Waals surface area contributed by atoms with Crippen LogP contribution in [0.3, 0.4) is 0 Å². The number of aromatic nitrogens is 1. The third-order valence-corrected chi connectivity index (χ3v) is 6.83. The van der Waals surface area contributed by atoms with E-state index in [9.17, 15) is 14.4 Å². The summed E-state index contributed by atoms with van der Waals surface area (Å²) in [5.41, 5.74) is 9.29. The summed E-state index contributed by atoms with van der Waals surface area (Å²) in [6, 6.07) is 2.28. The van der Waals surface area contributed by atoms with Crippen molar-refractivity contribution < 1.29 is 19.1 Å². The van der Waals surface area contributed by atoms with E-state index in [4.69, 9.17) is 10.5 Å². The van der Waals surface area contributed by atoms with Crippen molar-refractivity contribution in [3.63, 3.8) is 0 Å². The number of carbonyl (C=O) groups is 3. The molecule has 2 aromatic rings. The van der Waals surface area contributed by atoms with E-state index in [2.05, 4.69) is 9.88 Å². The van der Waals surface area contributed by atoms with Gasteiger partial charge in [-0.3, -0.25) is 9.59 Å². The molecule has 0 spiro atoms. The molecular weight excluding hydrogens is 390 g/mol. The van der Waals surface area contributed by atoms with E-state index in [1.807, 2.05) is 19.9 Å². The molecule has 2 amide bonds. The Bertz CT molecular complexity index is 1000. The van der Waals surface area contributed by atoms with Crippen molar-refractivity contribution in [3.8, 4) is 0 Å². The van der Waals surface area contributed by atoms with Crippen molar-refractivity contribution in [1.82, 2.24) is 4.57 Å². The Hall–Kier alpha value is -2.61. The van der Waals surface area contributed by atoms with Crippen LogP contribution < -0.4 is 11.1 Å².